The van der Waals surface area contributed by atoms with E-state index in [0.29, 0.717) is 38.9 Å². The normalized spacial score (nSPS) is 21.7. The molecule has 18 N–H and O–H groups in total. The number of likely N-dealkylation sites (N-methyl/N-ethyl adjacent to an activating group) is 2. The average Bonchev–Trinajstić information content (AvgIpc) is 3.31. The molecule has 70 heavy (non-hydrogen) atoms. The summed E-state index contributed by atoms with van der Waals surface area (Å²) >= 11 is 0. The number of hydrogen-bond donors (Lipinski definition) is 16. The van der Waals surface area contributed by atoms with E-state index < -0.39 is 84.0 Å². The molecule has 0 saturated carbocycles. The molecule has 6 rings (SSSR count). The van der Waals surface area contributed by atoms with E-state index in [1.165, 1.54) is 24.3 Å². The summed E-state index contributed by atoms with van der Waals surface area (Å²) in [5.74, 6) is -5.97. The highest BCUT2D eigenvalue weighted by Gasteiger charge is 2.33. The van der Waals surface area contributed by atoms with Gasteiger partial charge in [-0.25, -0.2) is 9.59 Å². The molecule has 22 nitrogen and oxygen atoms in total. The van der Waals surface area contributed by atoms with E-state index >= 15 is 0 Å². The summed E-state index contributed by atoms with van der Waals surface area (Å²) in [5, 5.41) is 96.6. The third-order valence-corrected chi connectivity index (χ3v) is 11.9. The van der Waals surface area contributed by atoms with E-state index in [9.17, 15) is 69.6 Å². The highest BCUT2D eigenvalue weighted by molar-refractivity contribution is 5.93. The molecule has 0 unspecified atom stereocenters. The van der Waals surface area contributed by atoms with Crippen LogP contribution in [-0.2, 0) is 54.5 Å². The number of phenols is 4. The van der Waals surface area contributed by atoms with Crippen molar-refractivity contribution in [1.82, 2.24) is 31.9 Å². The molecule has 8 bridgehead atoms. The molecule has 0 fully saturated rings. The molecule has 376 valence electrons. The van der Waals surface area contributed by atoms with Gasteiger partial charge in [-0.05, 0) is 107 Å². The molecule has 4 amide bonds. The number of rotatable bonds is 10. The summed E-state index contributed by atoms with van der Waals surface area (Å²) < 4.78 is 0. The Kier molecular flexibility index (Phi) is 18.6. The number of nitrogens with two attached hydrogens (primary N) is 2. The van der Waals surface area contributed by atoms with Crippen molar-refractivity contribution in [2.45, 2.75) is 87.0 Å². The first-order valence-electron chi connectivity index (χ1n) is 22.3. The van der Waals surface area contributed by atoms with Crippen LogP contribution in [0.5, 0.6) is 23.0 Å². The van der Waals surface area contributed by atoms with Crippen LogP contribution in [0.2, 0.25) is 0 Å². The molecule has 0 aliphatic carbocycles. The molecule has 0 spiro atoms. The van der Waals surface area contributed by atoms with Gasteiger partial charge in [-0.3, -0.25) is 19.2 Å². The lowest BCUT2D eigenvalue weighted by Gasteiger charge is -2.25. The second-order valence-corrected chi connectivity index (χ2v) is 17.1. The van der Waals surface area contributed by atoms with Gasteiger partial charge in [0.05, 0.1) is 24.3 Å². The maximum absolute atomic E-state index is 13.1. The molecule has 22 heteroatoms. The van der Waals surface area contributed by atoms with Crippen molar-refractivity contribution in [3.05, 3.63) is 95.1 Å². The molecular weight excluding hydrogens is 913 g/mol. The third kappa shape index (κ3) is 14.1. The van der Waals surface area contributed by atoms with E-state index in [4.69, 9.17) is 11.5 Å². The lowest BCUT2D eigenvalue weighted by Crippen LogP contribution is -2.56. The largest absolute Gasteiger partial charge is 0.508 e. The van der Waals surface area contributed by atoms with Gasteiger partial charge in [0.2, 0.25) is 23.6 Å². The van der Waals surface area contributed by atoms with E-state index in [2.05, 4.69) is 31.9 Å². The first-order chi connectivity index (χ1) is 33.2. The Morgan fingerprint density at radius 1 is 0.571 bits per heavy atom. The Morgan fingerprint density at radius 2 is 0.943 bits per heavy atom. The lowest BCUT2D eigenvalue weighted by atomic mass is 9.95. The Morgan fingerprint density at radius 3 is 1.31 bits per heavy atom. The van der Waals surface area contributed by atoms with Crippen LogP contribution in [0.25, 0.3) is 22.3 Å². The molecule has 2 heterocycles. The number of hydrogen-bond acceptors (Lipinski definition) is 16. The number of aliphatic hydroxyl groups excluding tert-OH is 2. The summed E-state index contributed by atoms with van der Waals surface area (Å²) in [7, 11) is 3.19. The van der Waals surface area contributed by atoms with Gasteiger partial charge in [0, 0.05) is 51.6 Å². The second kappa shape index (κ2) is 24.3. The number of aliphatic carboxylic acids is 2. The average molecular weight is 973 g/mol. The van der Waals surface area contributed by atoms with Crippen LogP contribution < -0.4 is 43.4 Å². The Bertz CT molecular complexity index is 2560. The SMILES string of the molecule is CNC[C@H](O)C[C@@H]1NC(=O)[C@@H](NC)Cc2cc(ccc2O)-c2ccc(O)c(c2)C[C@@H](C(=O)O)NC1=O.NC[C@H](O)C[C@@H]1NC(=O)[C@@H](N)Cc2cc(ccc2O)-c2ccc(O)c(c2)C[C@@H](C(=O)O)NC1=O. The number of aromatic hydroxyl groups is 4. The highest BCUT2D eigenvalue weighted by atomic mass is 16.4. The Labute approximate surface area is 402 Å². The van der Waals surface area contributed by atoms with Crippen molar-refractivity contribution in [3.63, 3.8) is 0 Å². The summed E-state index contributed by atoms with van der Waals surface area (Å²) in [6.45, 7) is -0.0335. The number of amides is 4. The fraction of sp³-hybridized carbons (Fsp3) is 0.375. The van der Waals surface area contributed by atoms with Crippen LogP contribution in [0.4, 0.5) is 0 Å². The lowest BCUT2D eigenvalue weighted by molar-refractivity contribution is -0.142. The minimum Gasteiger partial charge on any atom is -0.508 e. The van der Waals surface area contributed by atoms with Crippen LogP contribution in [0.3, 0.4) is 0 Å². The van der Waals surface area contributed by atoms with E-state index in [1.54, 1.807) is 62.6 Å². The Hall–Kier alpha value is -7.34. The molecule has 4 aromatic carbocycles. The van der Waals surface area contributed by atoms with Gasteiger partial charge in [-0.2, -0.15) is 0 Å². The first-order valence-corrected chi connectivity index (χ1v) is 22.3. The summed E-state index contributed by atoms with van der Waals surface area (Å²) in [6.07, 6.45) is -2.99. The van der Waals surface area contributed by atoms with Crippen molar-refractivity contribution in [2.75, 3.05) is 27.2 Å². The number of aliphatic hydroxyl groups is 2. The van der Waals surface area contributed by atoms with E-state index in [-0.39, 0.29) is 80.2 Å². The number of carboxylic acid groups (broad SMARTS) is 2. The summed E-state index contributed by atoms with van der Waals surface area (Å²) in [5.41, 5.74) is 15.5. The molecule has 2 aliphatic rings. The highest BCUT2D eigenvalue weighted by Crippen LogP contribution is 2.33. The van der Waals surface area contributed by atoms with Crippen molar-refractivity contribution < 1.29 is 69.6 Å². The van der Waals surface area contributed by atoms with Crippen LogP contribution in [0.15, 0.2) is 72.8 Å². The number of nitrogens with one attached hydrogen (secondary N) is 6. The van der Waals surface area contributed by atoms with Crippen molar-refractivity contribution in [3.8, 4) is 45.3 Å². The van der Waals surface area contributed by atoms with Crippen LogP contribution >= 0.6 is 0 Å². The topological polar surface area (TPSA) is 388 Å². The van der Waals surface area contributed by atoms with Gasteiger partial charge in [-0.1, -0.05) is 24.3 Å². The van der Waals surface area contributed by atoms with Gasteiger partial charge >= 0.3 is 11.9 Å². The van der Waals surface area contributed by atoms with Crippen molar-refractivity contribution in [1.29, 1.82) is 0 Å². The molecule has 2 aliphatic heterocycles. The third-order valence-electron chi connectivity index (χ3n) is 11.9. The van der Waals surface area contributed by atoms with Gasteiger partial charge in [0.15, 0.2) is 0 Å². The molecular formula is C48H60N8O14. The number of phenolic OH excluding ortho intramolecular Hbond substituents is 4. The van der Waals surface area contributed by atoms with E-state index in [1.807, 2.05) is 0 Å². The second-order valence-electron chi connectivity index (χ2n) is 17.1. The monoisotopic (exact) mass is 972 g/mol. The number of benzene rings is 4. The maximum Gasteiger partial charge on any atom is 0.326 e. The van der Waals surface area contributed by atoms with Gasteiger partial charge in [0.25, 0.3) is 0 Å². The standard InChI is InChI=1S/C25H32N4O7.C23H28N4O7/c1-26-12-17(30)11-19-24(34)29-20(25(35)36)10-16-8-14(4-6-22(16)32)13-3-5-21(31)15(7-13)9-18(27-2)23(33)28-19;24-10-15(28)9-17-22(32)27-18(23(33)34)8-14-6-12(2-4-20(14)30)11-1-3-19(29)13(5-11)7-16(25)21(31)26-17/h3-8,17-20,26-27,30-32H,9-12H2,1-2H3,(H,28,33)(H,29,34)(H,35,36);1-6,15-18,28-30H,7-10,24-25H2,(H,26,31)(H,27,32)(H,33,34)/t17-,18+,19+,20+;15-,16+,17+,18+/m11/s1. The molecule has 4 aromatic rings. The number of carbonyl (C=O) groups is 6. The van der Waals surface area contributed by atoms with Crippen molar-refractivity contribution >= 4 is 35.6 Å². The smallest absolute Gasteiger partial charge is 0.326 e. The zero-order chi connectivity index (χ0) is 51.4. The molecule has 0 aromatic heterocycles. The predicted molar refractivity (Wildman–Crippen MR) is 253 cm³/mol. The minimum atomic E-state index is -1.43. The zero-order valence-corrected chi connectivity index (χ0v) is 38.4. The minimum absolute atomic E-state index is 0.0141. The fourth-order valence-corrected chi connectivity index (χ4v) is 7.95. The van der Waals surface area contributed by atoms with Crippen molar-refractivity contribution in [2.24, 2.45) is 11.5 Å². The Balaban J connectivity index is 0.000000261. The molecule has 0 radical (unpaired) electrons. The number of carboxylic acids is 2. The number of fused-ring (bicyclic) bond motifs is 10. The number of carbonyl (C=O) groups excluding carboxylic acids is 4. The van der Waals surface area contributed by atoms with Gasteiger partial charge in [0.1, 0.15) is 47.2 Å². The molecule has 8 atom stereocenters. The zero-order valence-electron chi connectivity index (χ0n) is 38.4. The van der Waals surface area contributed by atoms with E-state index in [0.717, 1.165) is 0 Å². The first kappa shape index (κ1) is 53.6. The quantitative estimate of drug-likeness (QED) is 0.0854. The summed E-state index contributed by atoms with van der Waals surface area (Å²) in [6, 6.07) is 11.6. The fourth-order valence-electron chi connectivity index (χ4n) is 7.95. The predicted octanol–water partition coefficient (Wildman–Crippen LogP) is -1.57. The van der Waals surface area contributed by atoms with Gasteiger partial charge in [-0.15, -0.1) is 0 Å². The maximum atomic E-state index is 13.1. The molecule has 0 saturated heterocycles. The summed E-state index contributed by atoms with van der Waals surface area (Å²) in [4.78, 5) is 75.7. The van der Waals surface area contributed by atoms with Crippen LogP contribution in [-0.4, -0.2) is 152 Å². The van der Waals surface area contributed by atoms with Gasteiger partial charge < -0.3 is 84.2 Å². The van der Waals surface area contributed by atoms with Crippen LogP contribution in [0.1, 0.15) is 35.1 Å². The van der Waals surface area contributed by atoms with Crippen LogP contribution in [0, 0.1) is 0 Å².